The molecule has 18 aromatic carbocycles. The molecule has 0 aliphatic heterocycles. The summed E-state index contributed by atoms with van der Waals surface area (Å²) < 4.78 is 0. The van der Waals surface area contributed by atoms with Gasteiger partial charge in [-0.05, 0) is 216 Å². The Labute approximate surface area is 640 Å². The van der Waals surface area contributed by atoms with Crippen LogP contribution in [-0.4, -0.2) is 0 Å². The molecule has 21 rings (SSSR count). The number of allylic oxidation sites excluding steroid dienone is 5. The summed E-state index contributed by atoms with van der Waals surface area (Å²) >= 11 is 0. The molecule has 520 valence electrons. The number of anilines is 10. The lowest BCUT2D eigenvalue weighted by atomic mass is 9.82. The van der Waals surface area contributed by atoms with E-state index in [2.05, 4.69) is 408 Å². The Morgan fingerprint density at radius 3 is 1.15 bits per heavy atom. The van der Waals surface area contributed by atoms with Gasteiger partial charge in [-0.15, -0.1) is 0 Å². The molecule has 4 heteroatoms. The Hall–Kier alpha value is -13.8. The van der Waals surface area contributed by atoms with Gasteiger partial charge in [0.15, 0.2) is 0 Å². The minimum absolute atomic E-state index is 0.802. The molecule has 0 fully saturated rings. The van der Waals surface area contributed by atoms with E-state index in [1.165, 1.54) is 147 Å². The van der Waals surface area contributed by atoms with Crippen molar-refractivity contribution >= 4 is 166 Å². The topological polar surface area (TPSA) is 13.0 Å². The fraction of sp³-hybridized carbons (Fsp3) is 0.0566. The van der Waals surface area contributed by atoms with Gasteiger partial charge in [0, 0.05) is 71.7 Å². The van der Waals surface area contributed by atoms with E-state index in [1.807, 2.05) is 0 Å². The molecule has 4 nitrogen and oxygen atoms in total. The van der Waals surface area contributed by atoms with Crippen molar-refractivity contribution in [2.75, 3.05) is 19.6 Å². The van der Waals surface area contributed by atoms with E-state index in [9.17, 15) is 0 Å². The van der Waals surface area contributed by atoms with Crippen LogP contribution >= 0.6 is 0 Å². The summed E-state index contributed by atoms with van der Waals surface area (Å²) in [6, 6.07) is 134. The second-order valence-electron chi connectivity index (χ2n) is 29.5. The molecular formula is C106H76N4. The van der Waals surface area contributed by atoms with Gasteiger partial charge in [-0.2, -0.15) is 0 Å². The average Bonchev–Trinajstić information content (AvgIpc) is 1.01. The third kappa shape index (κ3) is 11.0. The van der Waals surface area contributed by atoms with Crippen LogP contribution in [0.5, 0.6) is 0 Å². The van der Waals surface area contributed by atoms with E-state index in [4.69, 9.17) is 0 Å². The summed E-state index contributed by atoms with van der Waals surface area (Å²) in [7, 11) is 0. The van der Waals surface area contributed by atoms with E-state index in [0.29, 0.717) is 0 Å². The Morgan fingerprint density at radius 1 is 0.245 bits per heavy atom. The molecule has 0 atom stereocenters. The zero-order valence-corrected chi connectivity index (χ0v) is 61.0. The highest BCUT2D eigenvalue weighted by molar-refractivity contribution is 6.21. The maximum Gasteiger partial charge on any atom is 0.0540 e. The van der Waals surface area contributed by atoms with E-state index in [-0.39, 0.29) is 0 Å². The summed E-state index contributed by atoms with van der Waals surface area (Å²) in [6.07, 6.45) is 17.5. The van der Waals surface area contributed by atoms with Crippen molar-refractivity contribution in [3.05, 3.63) is 409 Å². The maximum absolute atomic E-state index is 2.62. The van der Waals surface area contributed by atoms with Crippen molar-refractivity contribution in [3.8, 4) is 11.1 Å². The standard InChI is InChI=1S/C106H76N4/c1-9-41-85-71(25-1)33-17-49-97(85)107(98-50-18-34-72-26-2-10-42-86(72)98)81-61-57-79(58-62-81)105-93-67-65-84(110(103-55-23-39-77-31-7-15-47-91(77)103)104-56-24-40-78-32-8-16-48-92(78)104)70-96(93)106(80-59-63-82(64-60-80)108(99-51-19-35-73-27-3-11-43-87(73)99)100-52-20-36-74-28-4-12-44-88(74)100)94-68-66-83(69-95(94)105)109(101-53-21-37-75-29-5-13-45-89(75)101)102-54-22-38-76-30-6-14-46-90(76)102/h1-11,13-23,25-43,45-55,57-59,61-63,65-70H,12,24,44,56,60,64H2. The molecule has 3 aliphatic carbocycles. The van der Waals surface area contributed by atoms with E-state index < -0.39 is 0 Å². The highest BCUT2D eigenvalue weighted by Gasteiger charge is 2.30. The molecule has 0 bridgehead atoms. The highest BCUT2D eigenvalue weighted by atomic mass is 15.2. The van der Waals surface area contributed by atoms with Crippen LogP contribution in [-0.2, 0) is 6.42 Å². The summed E-state index contributed by atoms with van der Waals surface area (Å²) in [5, 5.41) is 21.7. The Balaban J connectivity index is 0.862. The van der Waals surface area contributed by atoms with Crippen LogP contribution < -0.4 is 30.0 Å². The van der Waals surface area contributed by atoms with Crippen LogP contribution in [0.25, 0.3) is 121 Å². The average molecular weight is 1410 g/mol. The third-order valence-corrected chi connectivity index (χ3v) is 23.4. The summed E-state index contributed by atoms with van der Waals surface area (Å²) in [5.41, 5.74) is 21.5. The molecule has 0 spiro atoms. The van der Waals surface area contributed by atoms with Crippen molar-refractivity contribution in [1.29, 1.82) is 0 Å². The molecule has 0 heterocycles. The number of fused-ring (bicyclic) bond motifs is 10. The van der Waals surface area contributed by atoms with Gasteiger partial charge in [-0.3, -0.25) is 0 Å². The lowest BCUT2D eigenvalue weighted by Gasteiger charge is -2.34. The molecule has 0 amide bonds. The van der Waals surface area contributed by atoms with Crippen LogP contribution in [0.2, 0.25) is 0 Å². The normalized spacial score (nSPS) is 13.4. The first kappa shape index (κ1) is 64.6. The van der Waals surface area contributed by atoms with E-state index >= 15 is 0 Å². The smallest absolute Gasteiger partial charge is 0.0540 e. The van der Waals surface area contributed by atoms with Crippen molar-refractivity contribution in [2.24, 2.45) is 0 Å². The van der Waals surface area contributed by atoms with Crippen molar-refractivity contribution in [1.82, 2.24) is 0 Å². The molecule has 0 aromatic heterocycles. The molecule has 0 unspecified atom stereocenters. The second-order valence-corrected chi connectivity index (χ2v) is 29.5. The maximum atomic E-state index is 2.62. The number of hydrogen-bond donors (Lipinski definition) is 0. The predicted molar refractivity (Wildman–Crippen MR) is 470 cm³/mol. The van der Waals surface area contributed by atoms with Gasteiger partial charge in [-0.25, -0.2) is 0 Å². The first-order chi connectivity index (χ1) is 54.6. The summed E-state index contributed by atoms with van der Waals surface area (Å²) in [4.78, 5) is 10.2. The Bertz CT molecular complexity index is 6830. The summed E-state index contributed by atoms with van der Waals surface area (Å²) in [6.45, 7) is 0. The minimum Gasteiger partial charge on any atom is -0.313 e. The highest BCUT2D eigenvalue weighted by Crippen LogP contribution is 2.53. The Morgan fingerprint density at radius 2 is 0.645 bits per heavy atom. The fourth-order valence-corrected chi connectivity index (χ4v) is 18.4. The second kappa shape index (κ2) is 27.2. The van der Waals surface area contributed by atoms with E-state index in [1.54, 1.807) is 0 Å². The number of rotatable bonds is 14. The predicted octanol–water partition coefficient (Wildman–Crippen LogP) is 27.9. The van der Waals surface area contributed by atoms with Gasteiger partial charge in [-0.1, -0.05) is 303 Å². The molecule has 3 aliphatic rings. The lowest BCUT2D eigenvalue weighted by molar-refractivity contribution is 0.916. The number of nitrogens with zero attached hydrogens (tertiary/aromatic N) is 4. The molecule has 0 radical (unpaired) electrons. The molecule has 0 saturated carbocycles. The molecule has 110 heavy (non-hydrogen) atoms. The Kier molecular flexibility index (Phi) is 16.0. The largest absolute Gasteiger partial charge is 0.313 e. The van der Waals surface area contributed by atoms with E-state index in [0.717, 1.165) is 89.6 Å². The molecular weight excluding hydrogens is 1330 g/mol. The monoisotopic (exact) mass is 1400 g/mol. The minimum atomic E-state index is 0.802. The third-order valence-electron chi connectivity index (χ3n) is 23.4. The zero-order chi connectivity index (χ0) is 72.6. The fourth-order valence-electron chi connectivity index (χ4n) is 18.4. The quantitative estimate of drug-likeness (QED) is 0.101. The van der Waals surface area contributed by atoms with Gasteiger partial charge in [0.25, 0.3) is 0 Å². The van der Waals surface area contributed by atoms with Crippen LogP contribution in [0.3, 0.4) is 0 Å². The first-order valence-electron chi connectivity index (χ1n) is 38.8. The molecule has 0 saturated heterocycles. The zero-order valence-electron chi connectivity index (χ0n) is 61.0. The first-order valence-corrected chi connectivity index (χ1v) is 38.8. The van der Waals surface area contributed by atoms with Crippen LogP contribution in [0, 0.1) is 0 Å². The van der Waals surface area contributed by atoms with Gasteiger partial charge in [0.1, 0.15) is 0 Å². The van der Waals surface area contributed by atoms with Crippen LogP contribution in [0.15, 0.2) is 382 Å². The number of hydrogen-bond acceptors (Lipinski definition) is 4. The van der Waals surface area contributed by atoms with Crippen molar-refractivity contribution in [2.45, 2.75) is 38.5 Å². The van der Waals surface area contributed by atoms with Gasteiger partial charge < -0.3 is 19.6 Å². The molecule has 18 aromatic rings. The van der Waals surface area contributed by atoms with Crippen LogP contribution in [0.1, 0.15) is 48.8 Å². The van der Waals surface area contributed by atoms with Gasteiger partial charge in [0.05, 0.1) is 34.1 Å². The lowest BCUT2D eigenvalue weighted by Crippen LogP contribution is -2.35. The van der Waals surface area contributed by atoms with Crippen molar-refractivity contribution in [3.63, 3.8) is 0 Å². The molecule has 0 N–H and O–H groups in total. The number of benzene rings is 18. The van der Waals surface area contributed by atoms with Gasteiger partial charge in [0.2, 0.25) is 0 Å². The van der Waals surface area contributed by atoms with Crippen molar-refractivity contribution < 1.29 is 0 Å². The summed E-state index contributed by atoms with van der Waals surface area (Å²) in [5.74, 6) is 0. The SMILES string of the molecule is C1=Cc2cccc(N(C3=CC=C(c4c5cc(N(C6=c7ccccc7=CCC6)c6cccc7ccccc67)ccc5c(-c5ccc(N(c6cccc7ccccc67)c6cccc7ccccc67)cc5)c5cc(N(c6cccc7ccccc67)c6cccc7ccccc67)ccc45)CC3)c3cccc4ccccc34)c2CC1. The van der Waals surface area contributed by atoms with Crippen LogP contribution in [0.4, 0.5) is 56.9 Å². The van der Waals surface area contributed by atoms with Gasteiger partial charge >= 0.3 is 0 Å².